The van der Waals surface area contributed by atoms with E-state index in [1.807, 2.05) is 25.8 Å². The van der Waals surface area contributed by atoms with Crippen molar-refractivity contribution < 1.29 is 20.8 Å². The van der Waals surface area contributed by atoms with Gasteiger partial charge in [0.15, 0.2) is 0 Å². The van der Waals surface area contributed by atoms with Gasteiger partial charge in [0, 0.05) is 31.4 Å². The molecular formula is C26H33F3N4O2. The maximum atomic E-state index is 14.0. The number of amides is 1. The van der Waals surface area contributed by atoms with E-state index in [1.165, 1.54) is 24.3 Å². The van der Waals surface area contributed by atoms with E-state index in [-0.39, 0.29) is 26.7 Å². The summed E-state index contributed by atoms with van der Waals surface area (Å²) >= 11 is 0. The number of hydrogen-bond donors (Lipinski definition) is 2. The van der Waals surface area contributed by atoms with Gasteiger partial charge < -0.3 is 10.3 Å². The number of fused-ring (bicyclic) bond motifs is 2. The van der Waals surface area contributed by atoms with Gasteiger partial charge in [-0.25, -0.2) is 13.2 Å². The number of benzene rings is 1. The first-order valence-electron chi connectivity index (χ1n) is 11.9. The van der Waals surface area contributed by atoms with E-state index in [1.54, 1.807) is 0 Å². The van der Waals surface area contributed by atoms with Gasteiger partial charge in [0.2, 0.25) is 5.91 Å². The predicted molar refractivity (Wildman–Crippen MR) is 131 cm³/mol. The Labute approximate surface area is 204 Å². The van der Waals surface area contributed by atoms with Gasteiger partial charge in [0.25, 0.3) is 5.56 Å². The second-order valence-corrected chi connectivity index (χ2v) is 9.05. The smallest absolute Gasteiger partial charge is 0.253 e. The van der Waals surface area contributed by atoms with Gasteiger partial charge in [-0.1, -0.05) is 13.8 Å². The van der Waals surface area contributed by atoms with Crippen LogP contribution in [0.15, 0.2) is 41.3 Å². The molecule has 3 aliphatic carbocycles. The van der Waals surface area contributed by atoms with Crippen LogP contribution in [0.2, 0.25) is 0 Å². The van der Waals surface area contributed by atoms with Gasteiger partial charge in [-0.15, -0.1) is 0 Å². The molecule has 0 radical (unpaired) electrons. The van der Waals surface area contributed by atoms with Crippen molar-refractivity contribution in [1.29, 1.82) is 0 Å². The Hall–Kier alpha value is -3.20. The van der Waals surface area contributed by atoms with Crippen molar-refractivity contribution in [3.05, 3.63) is 75.6 Å². The van der Waals surface area contributed by atoms with Crippen LogP contribution in [0.25, 0.3) is 10.9 Å². The normalized spacial score (nSPS) is 21.3. The van der Waals surface area contributed by atoms with Crippen molar-refractivity contribution >= 4 is 16.8 Å². The minimum Gasteiger partial charge on any atom is -0.349 e. The lowest BCUT2D eigenvalue weighted by Gasteiger charge is -2.35. The summed E-state index contributed by atoms with van der Waals surface area (Å²) in [5.74, 6) is -1.54. The molecule has 2 aromatic heterocycles. The van der Waals surface area contributed by atoms with Crippen LogP contribution in [0.4, 0.5) is 13.2 Å². The lowest BCUT2D eigenvalue weighted by molar-refractivity contribution is -0.127. The molecule has 0 saturated heterocycles. The van der Waals surface area contributed by atoms with Gasteiger partial charge >= 0.3 is 0 Å². The van der Waals surface area contributed by atoms with E-state index in [4.69, 9.17) is 0 Å². The Bertz CT molecular complexity index is 1300. The van der Waals surface area contributed by atoms with E-state index in [0.29, 0.717) is 28.8 Å². The summed E-state index contributed by atoms with van der Waals surface area (Å²) in [6.07, 6.45) is 4.03. The highest BCUT2D eigenvalue weighted by Gasteiger charge is 2.48. The lowest BCUT2D eigenvalue weighted by Crippen LogP contribution is -2.46. The number of rotatable bonds is 6. The summed E-state index contributed by atoms with van der Waals surface area (Å²) in [6, 6.07) is 5.44. The molecule has 0 aliphatic heterocycles. The molecule has 2 atom stereocenters. The fourth-order valence-electron chi connectivity index (χ4n) is 5.30. The standard InChI is InChI=1S/C24H23F3N4O2.C2H6.2H2/c1-31(21-6-12-4-14(21)5-12)22(24(33)29-11-20-18(27)9-16(26)10-28-20)17-8-13-7-15(25)2-3-19(13)30-23(17)32;1-2;;/h2-3,7-10,12,14,21-22H,4-6,11H2,1H3,(H,29,33)(H,30,32);1-2H3;2*1H/t12?,14?,21?,22-;;;/m1.../s1. The monoisotopic (exact) mass is 490 g/mol. The molecule has 2 bridgehead atoms. The maximum absolute atomic E-state index is 14.0. The second kappa shape index (κ2) is 10.2. The highest BCUT2D eigenvalue weighted by molar-refractivity contribution is 5.85. The number of nitrogens with one attached hydrogen (secondary N) is 2. The van der Waals surface area contributed by atoms with E-state index in [0.717, 1.165) is 25.5 Å². The van der Waals surface area contributed by atoms with Crippen molar-refractivity contribution in [2.24, 2.45) is 11.8 Å². The highest BCUT2D eigenvalue weighted by Crippen LogP contribution is 2.51. The van der Waals surface area contributed by atoms with Crippen molar-refractivity contribution in [3.63, 3.8) is 0 Å². The summed E-state index contributed by atoms with van der Waals surface area (Å²) in [7, 11) is 1.81. The van der Waals surface area contributed by atoms with Crippen LogP contribution < -0.4 is 10.9 Å². The van der Waals surface area contributed by atoms with Crippen LogP contribution in [-0.4, -0.2) is 33.9 Å². The third-order valence-electron chi connectivity index (χ3n) is 7.01. The van der Waals surface area contributed by atoms with Gasteiger partial charge in [-0.2, -0.15) is 0 Å². The number of nitrogens with zero attached hydrogens (tertiary/aromatic N) is 2. The molecule has 1 unspecified atom stereocenters. The van der Waals surface area contributed by atoms with Crippen LogP contribution in [0, 0.1) is 29.3 Å². The Kier molecular flexibility index (Phi) is 7.25. The fraction of sp³-hybridized carbons (Fsp3) is 0.423. The molecule has 6 rings (SSSR count). The van der Waals surface area contributed by atoms with E-state index < -0.39 is 35.0 Å². The molecule has 3 aliphatic rings. The Morgan fingerprint density at radius 3 is 2.57 bits per heavy atom. The topological polar surface area (TPSA) is 78.1 Å². The quantitative estimate of drug-likeness (QED) is 0.513. The zero-order valence-corrected chi connectivity index (χ0v) is 19.9. The summed E-state index contributed by atoms with van der Waals surface area (Å²) < 4.78 is 41.0. The number of carbonyl (C=O) groups is 1. The van der Waals surface area contributed by atoms with Crippen molar-refractivity contribution in [3.8, 4) is 0 Å². The molecule has 2 heterocycles. The van der Waals surface area contributed by atoms with Crippen LogP contribution in [-0.2, 0) is 11.3 Å². The first-order chi connectivity index (χ1) is 16.8. The molecule has 190 valence electrons. The average Bonchev–Trinajstić information content (AvgIpc) is 3.42. The number of H-pyrrole nitrogens is 1. The molecule has 3 aromatic rings. The number of aromatic nitrogens is 2. The van der Waals surface area contributed by atoms with Crippen molar-refractivity contribution in [2.75, 3.05) is 7.05 Å². The molecule has 1 amide bonds. The first kappa shape index (κ1) is 24.9. The zero-order valence-electron chi connectivity index (χ0n) is 19.9. The lowest BCUT2D eigenvalue weighted by atomic mass is 9.83. The fourth-order valence-corrected chi connectivity index (χ4v) is 5.30. The molecule has 35 heavy (non-hydrogen) atoms. The minimum atomic E-state index is -0.964. The van der Waals surface area contributed by atoms with Crippen LogP contribution >= 0.6 is 0 Å². The van der Waals surface area contributed by atoms with E-state index >= 15 is 0 Å². The van der Waals surface area contributed by atoms with Crippen molar-refractivity contribution in [2.45, 2.75) is 51.7 Å². The third kappa shape index (κ3) is 4.96. The molecule has 3 fully saturated rings. The van der Waals surface area contributed by atoms with E-state index in [9.17, 15) is 22.8 Å². The maximum Gasteiger partial charge on any atom is 0.253 e. The molecular weight excluding hydrogens is 457 g/mol. The van der Waals surface area contributed by atoms with Crippen LogP contribution in [0.1, 0.15) is 53.3 Å². The Morgan fingerprint density at radius 2 is 1.91 bits per heavy atom. The summed E-state index contributed by atoms with van der Waals surface area (Å²) in [5, 5.41) is 3.12. The minimum absolute atomic E-state index is 0. The van der Waals surface area contributed by atoms with Gasteiger partial charge in [0.05, 0.1) is 18.4 Å². The number of pyridine rings is 2. The largest absolute Gasteiger partial charge is 0.349 e. The number of hydrogen-bond acceptors (Lipinski definition) is 4. The highest BCUT2D eigenvalue weighted by atomic mass is 19.1. The van der Waals surface area contributed by atoms with Crippen LogP contribution in [0.5, 0.6) is 0 Å². The molecule has 3 saturated carbocycles. The Morgan fingerprint density at radius 1 is 1.17 bits per heavy atom. The van der Waals surface area contributed by atoms with E-state index in [2.05, 4.69) is 15.3 Å². The average molecular weight is 491 g/mol. The number of aromatic amines is 1. The first-order valence-corrected chi connectivity index (χ1v) is 11.9. The van der Waals surface area contributed by atoms with Gasteiger partial charge in [0.1, 0.15) is 23.5 Å². The Balaban J connectivity index is 0.00000118. The molecule has 1 aromatic carbocycles. The third-order valence-corrected chi connectivity index (χ3v) is 7.01. The molecule has 6 nitrogen and oxygen atoms in total. The zero-order chi connectivity index (χ0) is 25.3. The van der Waals surface area contributed by atoms with Gasteiger partial charge in [-0.3, -0.25) is 19.5 Å². The van der Waals surface area contributed by atoms with Crippen LogP contribution in [0.3, 0.4) is 0 Å². The SMILES string of the molecule is CC.CN(C1CC2CC1C2)[C@@H](C(=O)NCc1ncc(F)cc1F)c1cc2cc(F)ccc2[nH]c1=O.[HH].[HH]. The summed E-state index contributed by atoms with van der Waals surface area (Å²) in [4.78, 5) is 34.7. The molecule has 2 N–H and O–H groups in total. The number of halogens is 3. The second-order valence-electron chi connectivity index (χ2n) is 9.05. The van der Waals surface area contributed by atoms with Crippen molar-refractivity contribution in [1.82, 2.24) is 20.2 Å². The summed E-state index contributed by atoms with van der Waals surface area (Å²) in [5.41, 5.74) is 0.0960. The number of carbonyl (C=O) groups excluding carboxylic acids is 1. The number of likely N-dealkylation sites (N-methyl/N-ethyl adjacent to an activating group) is 1. The van der Waals surface area contributed by atoms with Gasteiger partial charge in [-0.05, 0) is 62.4 Å². The summed E-state index contributed by atoms with van der Waals surface area (Å²) in [6.45, 7) is 3.74. The predicted octanol–water partition coefficient (Wildman–Crippen LogP) is 4.95. The molecule has 0 spiro atoms. The molecule has 9 heteroatoms.